The number of ether oxygens (including phenoxy) is 2. The van der Waals surface area contributed by atoms with Crippen molar-refractivity contribution in [2.75, 3.05) is 19.8 Å². The number of hydrogen-bond donors (Lipinski definition) is 5. The van der Waals surface area contributed by atoms with Gasteiger partial charge in [-0.05, 0) is 24.7 Å². The lowest BCUT2D eigenvalue weighted by atomic mass is 9.93. The highest BCUT2D eigenvalue weighted by atomic mass is 16.7. The lowest BCUT2D eigenvalue weighted by Crippen LogP contribution is -2.59. The van der Waals surface area contributed by atoms with E-state index in [9.17, 15) is 20.1 Å². The number of rotatable bonds is 6. The number of allylic oxidation sites excluding steroid dienone is 2. The van der Waals surface area contributed by atoms with Crippen LogP contribution >= 0.6 is 0 Å². The minimum absolute atomic E-state index is 0.00394. The molecule has 8 atom stereocenters. The van der Waals surface area contributed by atoms with E-state index < -0.39 is 37.3 Å². The van der Waals surface area contributed by atoms with E-state index >= 15 is 0 Å². The van der Waals surface area contributed by atoms with Crippen LogP contribution in [0.4, 0.5) is 0 Å². The van der Waals surface area contributed by atoms with Crippen LogP contribution in [0.1, 0.15) is 12.8 Å². The van der Waals surface area contributed by atoms with E-state index in [1.54, 1.807) is 0 Å². The number of nitrogens with one attached hydrogen (secondary N) is 1. The minimum Gasteiger partial charge on any atom is -0.394 e. The van der Waals surface area contributed by atoms with Crippen molar-refractivity contribution in [3.8, 4) is 0 Å². The first-order chi connectivity index (χ1) is 11.5. The molecular formula is C16H25NO7. The third-order valence-electron chi connectivity index (χ3n) is 5.15. The molecule has 8 nitrogen and oxygen atoms in total. The fraction of sp³-hybridized carbons (Fsp3) is 0.812. The van der Waals surface area contributed by atoms with Crippen LogP contribution in [-0.4, -0.2) is 76.8 Å². The first-order valence-corrected chi connectivity index (χ1v) is 8.39. The van der Waals surface area contributed by atoms with Gasteiger partial charge >= 0.3 is 0 Å². The average Bonchev–Trinajstić information content (AvgIpc) is 3.21. The summed E-state index contributed by atoms with van der Waals surface area (Å²) in [5.74, 6) is 0.883. The molecule has 2 fully saturated rings. The standard InChI is InChI=1S/C16H25NO7/c18-7-11-12(19)13(20)14(21)16(24-11)23-4-3-17-15(22)10-6-8-1-2-9(10)5-8/h1-2,8-14,16,18-21H,3-7H2,(H,17,22)/t8-,9+,10?,11?,12?,13?,14?,16?/m1/s1. The summed E-state index contributed by atoms with van der Waals surface area (Å²) in [5.41, 5.74) is 0. The lowest BCUT2D eigenvalue weighted by molar-refractivity contribution is -0.300. The van der Waals surface area contributed by atoms with Gasteiger partial charge in [0.2, 0.25) is 5.91 Å². The van der Waals surface area contributed by atoms with Crippen LogP contribution in [0.25, 0.3) is 0 Å². The van der Waals surface area contributed by atoms with Gasteiger partial charge in [-0.25, -0.2) is 0 Å². The maximum absolute atomic E-state index is 12.2. The van der Waals surface area contributed by atoms with E-state index in [2.05, 4.69) is 17.5 Å². The molecule has 3 aliphatic rings. The molecule has 1 heterocycles. The number of fused-ring (bicyclic) bond motifs is 2. The largest absolute Gasteiger partial charge is 0.394 e. The average molecular weight is 343 g/mol. The Morgan fingerprint density at radius 1 is 1.17 bits per heavy atom. The van der Waals surface area contributed by atoms with Gasteiger partial charge in [-0.2, -0.15) is 0 Å². The Kier molecular flexibility index (Phi) is 5.53. The van der Waals surface area contributed by atoms with E-state index in [4.69, 9.17) is 14.6 Å². The van der Waals surface area contributed by atoms with E-state index in [1.807, 2.05) is 0 Å². The number of carbonyl (C=O) groups excluding carboxylic acids is 1. The van der Waals surface area contributed by atoms with E-state index in [0.717, 1.165) is 12.8 Å². The summed E-state index contributed by atoms with van der Waals surface area (Å²) < 4.78 is 10.6. The molecule has 0 aromatic rings. The molecule has 136 valence electrons. The SMILES string of the molecule is O=C(NCCOC1OC(CO)C(O)C(O)C1O)C1C[C@@H]2C=C[C@H]1C2. The minimum atomic E-state index is -1.46. The van der Waals surface area contributed by atoms with Crippen molar-refractivity contribution in [1.29, 1.82) is 0 Å². The third-order valence-corrected chi connectivity index (χ3v) is 5.15. The molecule has 1 amide bonds. The summed E-state index contributed by atoms with van der Waals surface area (Å²) >= 11 is 0. The molecule has 8 heteroatoms. The van der Waals surface area contributed by atoms with Gasteiger partial charge < -0.3 is 35.2 Å². The predicted molar refractivity (Wildman–Crippen MR) is 81.6 cm³/mol. The third kappa shape index (κ3) is 3.49. The first kappa shape index (κ1) is 17.8. The fourth-order valence-corrected chi connectivity index (χ4v) is 3.77. The number of hydrogen-bond acceptors (Lipinski definition) is 7. The summed E-state index contributed by atoms with van der Waals surface area (Å²) in [6, 6.07) is 0. The van der Waals surface area contributed by atoms with Crippen molar-refractivity contribution < 1.29 is 34.7 Å². The van der Waals surface area contributed by atoms with Gasteiger partial charge in [0.1, 0.15) is 24.4 Å². The van der Waals surface area contributed by atoms with Crippen molar-refractivity contribution in [3.05, 3.63) is 12.2 Å². The van der Waals surface area contributed by atoms with Gasteiger partial charge in [0, 0.05) is 12.5 Å². The molecule has 3 rings (SSSR count). The van der Waals surface area contributed by atoms with Crippen LogP contribution in [-0.2, 0) is 14.3 Å². The lowest BCUT2D eigenvalue weighted by Gasteiger charge is -2.39. The Hall–Kier alpha value is -1.03. The highest BCUT2D eigenvalue weighted by molar-refractivity contribution is 5.79. The van der Waals surface area contributed by atoms with E-state index in [1.165, 1.54) is 0 Å². The van der Waals surface area contributed by atoms with Crippen LogP contribution in [0, 0.1) is 17.8 Å². The number of aliphatic hydroxyl groups excluding tert-OH is 4. The molecule has 0 spiro atoms. The number of amides is 1. The number of aliphatic hydroxyl groups is 4. The molecule has 1 aliphatic heterocycles. The van der Waals surface area contributed by atoms with Crippen molar-refractivity contribution in [2.24, 2.45) is 17.8 Å². The summed E-state index contributed by atoms with van der Waals surface area (Å²) in [6.07, 6.45) is -0.216. The smallest absolute Gasteiger partial charge is 0.223 e. The van der Waals surface area contributed by atoms with Gasteiger partial charge in [0.05, 0.1) is 13.2 Å². The molecule has 2 aliphatic carbocycles. The normalized spacial score (nSPS) is 44.0. The zero-order valence-corrected chi connectivity index (χ0v) is 13.3. The summed E-state index contributed by atoms with van der Waals surface area (Å²) in [6.45, 7) is -0.157. The van der Waals surface area contributed by atoms with Crippen LogP contribution in [0.15, 0.2) is 12.2 Å². The second-order valence-corrected chi connectivity index (χ2v) is 6.75. The summed E-state index contributed by atoms with van der Waals surface area (Å²) in [5, 5.41) is 41.1. The van der Waals surface area contributed by atoms with Crippen molar-refractivity contribution in [1.82, 2.24) is 5.32 Å². The van der Waals surface area contributed by atoms with Crippen LogP contribution in [0.2, 0.25) is 0 Å². The fourth-order valence-electron chi connectivity index (χ4n) is 3.77. The monoisotopic (exact) mass is 343 g/mol. The van der Waals surface area contributed by atoms with Crippen LogP contribution in [0.5, 0.6) is 0 Å². The van der Waals surface area contributed by atoms with E-state index in [-0.39, 0.29) is 25.0 Å². The molecule has 5 N–H and O–H groups in total. The summed E-state index contributed by atoms with van der Waals surface area (Å²) in [4.78, 5) is 12.2. The topological polar surface area (TPSA) is 128 Å². The molecule has 0 aromatic carbocycles. The van der Waals surface area contributed by atoms with Crippen molar-refractivity contribution >= 4 is 5.91 Å². The zero-order valence-electron chi connectivity index (χ0n) is 13.3. The van der Waals surface area contributed by atoms with Gasteiger partial charge in [0.15, 0.2) is 6.29 Å². The summed E-state index contributed by atoms with van der Waals surface area (Å²) in [7, 11) is 0. The zero-order chi connectivity index (χ0) is 17.3. The molecular weight excluding hydrogens is 318 g/mol. The molecule has 6 unspecified atom stereocenters. The maximum atomic E-state index is 12.2. The van der Waals surface area contributed by atoms with Gasteiger partial charge in [-0.1, -0.05) is 12.2 Å². The highest BCUT2D eigenvalue weighted by Gasteiger charge is 2.44. The Balaban J connectivity index is 1.40. The predicted octanol–water partition coefficient (Wildman–Crippen LogP) is -1.87. The molecule has 1 saturated carbocycles. The van der Waals surface area contributed by atoms with Gasteiger partial charge in [0.25, 0.3) is 0 Å². The molecule has 1 saturated heterocycles. The number of carbonyl (C=O) groups is 1. The van der Waals surface area contributed by atoms with Crippen LogP contribution < -0.4 is 5.32 Å². The second-order valence-electron chi connectivity index (χ2n) is 6.75. The molecule has 0 radical (unpaired) electrons. The Bertz CT molecular complexity index is 483. The van der Waals surface area contributed by atoms with Crippen molar-refractivity contribution in [3.63, 3.8) is 0 Å². The van der Waals surface area contributed by atoms with Gasteiger partial charge in [-0.3, -0.25) is 4.79 Å². The maximum Gasteiger partial charge on any atom is 0.223 e. The highest BCUT2D eigenvalue weighted by Crippen LogP contribution is 2.43. The Morgan fingerprint density at radius 2 is 1.96 bits per heavy atom. The van der Waals surface area contributed by atoms with Gasteiger partial charge in [-0.15, -0.1) is 0 Å². The van der Waals surface area contributed by atoms with Crippen molar-refractivity contribution in [2.45, 2.75) is 43.5 Å². The second kappa shape index (κ2) is 7.47. The molecule has 2 bridgehead atoms. The quantitative estimate of drug-likeness (QED) is 0.282. The Morgan fingerprint density at radius 3 is 2.58 bits per heavy atom. The Labute approximate surface area is 140 Å². The molecule has 0 aromatic heterocycles. The molecule has 24 heavy (non-hydrogen) atoms. The van der Waals surface area contributed by atoms with E-state index in [0.29, 0.717) is 11.8 Å². The van der Waals surface area contributed by atoms with Crippen LogP contribution in [0.3, 0.4) is 0 Å². The first-order valence-electron chi connectivity index (χ1n) is 8.39.